The van der Waals surface area contributed by atoms with Gasteiger partial charge in [-0.15, -0.1) is 0 Å². The Morgan fingerprint density at radius 2 is 2.08 bits per heavy atom. The number of hydrogen-bond donors (Lipinski definition) is 1. The predicted octanol–water partition coefficient (Wildman–Crippen LogP) is 2.39. The Morgan fingerprint density at radius 1 is 1.54 bits per heavy atom. The topological polar surface area (TPSA) is 37.3 Å². The number of alkyl halides is 3. The van der Waals surface area contributed by atoms with Crippen LogP contribution in [0, 0.1) is 5.92 Å². The summed E-state index contributed by atoms with van der Waals surface area (Å²) in [6.07, 6.45) is -3.89. The summed E-state index contributed by atoms with van der Waals surface area (Å²) in [5, 5.41) is 8.27. The first-order valence-electron chi connectivity index (χ1n) is 3.76. The standard InChI is InChI=1S/C7H11F3O2S/c1-2-3-13-4-5(6(11)12)7(8,9)10/h5H,2-4H2,1H3,(H,11,12). The second-order valence-corrected chi connectivity index (χ2v) is 3.66. The van der Waals surface area contributed by atoms with Crippen molar-refractivity contribution < 1.29 is 23.1 Å². The number of rotatable bonds is 5. The molecule has 0 radical (unpaired) electrons. The van der Waals surface area contributed by atoms with Gasteiger partial charge in [0.05, 0.1) is 0 Å². The molecule has 0 aromatic carbocycles. The summed E-state index contributed by atoms with van der Waals surface area (Å²) in [6.45, 7) is 1.83. The Kier molecular flexibility index (Phi) is 5.20. The summed E-state index contributed by atoms with van der Waals surface area (Å²) in [7, 11) is 0. The van der Waals surface area contributed by atoms with Gasteiger partial charge in [0.1, 0.15) is 0 Å². The van der Waals surface area contributed by atoms with Crippen LogP contribution in [0.4, 0.5) is 13.2 Å². The van der Waals surface area contributed by atoms with Crippen molar-refractivity contribution in [2.75, 3.05) is 11.5 Å². The molecule has 0 heterocycles. The van der Waals surface area contributed by atoms with Gasteiger partial charge in [-0.25, -0.2) is 0 Å². The average Bonchev–Trinajstić information content (AvgIpc) is 1.94. The lowest BCUT2D eigenvalue weighted by molar-refractivity contribution is -0.188. The summed E-state index contributed by atoms with van der Waals surface area (Å²) >= 11 is 1.02. The molecule has 0 aliphatic carbocycles. The summed E-state index contributed by atoms with van der Waals surface area (Å²) in [5.41, 5.74) is 0. The fourth-order valence-corrected chi connectivity index (χ4v) is 1.67. The third-order valence-electron chi connectivity index (χ3n) is 1.33. The van der Waals surface area contributed by atoms with Crippen LogP contribution in [0.3, 0.4) is 0 Å². The molecule has 0 saturated carbocycles. The van der Waals surface area contributed by atoms with Crippen LogP contribution in [-0.2, 0) is 4.79 Å². The number of aliphatic carboxylic acids is 1. The second-order valence-electron chi connectivity index (χ2n) is 2.51. The van der Waals surface area contributed by atoms with Gasteiger partial charge in [0.25, 0.3) is 0 Å². The molecule has 0 amide bonds. The monoisotopic (exact) mass is 216 g/mol. The highest BCUT2D eigenvalue weighted by Gasteiger charge is 2.44. The van der Waals surface area contributed by atoms with Crippen molar-refractivity contribution in [2.24, 2.45) is 5.92 Å². The Balaban J connectivity index is 4.04. The third-order valence-corrected chi connectivity index (χ3v) is 2.59. The molecule has 0 spiro atoms. The minimum absolute atomic E-state index is 0.396. The van der Waals surface area contributed by atoms with Crippen LogP contribution in [0.1, 0.15) is 13.3 Å². The van der Waals surface area contributed by atoms with Crippen molar-refractivity contribution in [1.29, 1.82) is 0 Å². The molecule has 0 aliphatic heterocycles. The molecule has 0 aromatic rings. The molecule has 1 atom stereocenters. The Labute approximate surface area is 78.5 Å². The minimum Gasteiger partial charge on any atom is -0.481 e. The zero-order chi connectivity index (χ0) is 10.5. The van der Waals surface area contributed by atoms with Crippen molar-refractivity contribution in [1.82, 2.24) is 0 Å². The third kappa shape index (κ3) is 5.02. The van der Waals surface area contributed by atoms with E-state index in [-0.39, 0.29) is 0 Å². The molecule has 0 bridgehead atoms. The molecule has 0 aromatic heterocycles. The van der Waals surface area contributed by atoms with Gasteiger partial charge in [-0.1, -0.05) is 6.92 Å². The Hall–Kier alpha value is -0.390. The largest absolute Gasteiger partial charge is 0.481 e. The lowest BCUT2D eigenvalue weighted by Crippen LogP contribution is -2.32. The second kappa shape index (κ2) is 5.36. The van der Waals surface area contributed by atoms with Crippen LogP contribution >= 0.6 is 11.8 Å². The first kappa shape index (κ1) is 12.6. The van der Waals surface area contributed by atoms with Gasteiger partial charge in [-0.05, 0) is 12.2 Å². The van der Waals surface area contributed by atoms with Crippen molar-refractivity contribution >= 4 is 17.7 Å². The van der Waals surface area contributed by atoms with E-state index in [1.54, 1.807) is 0 Å². The summed E-state index contributed by atoms with van der Waals surface area (Å²) in [4.78, 5) is 10.2. The maximum Gasteiger partial charge on any atom is 0.403 e. The Bertz CT molecular complexity index is 170. The molecular weight excluding hydrogens is 205 g/mol. The highest BCUT2D eigenvalue weighted by Crippen LogP contribution is 2.29. The summed E-state index contributed by atoms with van der Waals surface area (Å²) < 4.78 is 36.0. The normalized spacial score (nSPS) is 14.2. The molecule has 2 nitrogen and oxygen atoms in total. The number of thioether (sulfide) groups is 1. The zero-order valence-electron chi connectivity index (χ0n) is 7.10. The van der Waals surface area contributed by atoms with E-state index in [2.05, 4.69) is 0 Å². The summed E-state index contributed by atoms with van der Waals surface area (Å²) in [5.74, 6) is -3.87. The smallest absolute Gasteiger partial charge is 0.403 e. The molecule has 13 heavy (non-hydrogen) atoms. The van der Waals surface area contributed by atoms with Gasteiger partial charge >= 0.3 is 12.1 Å². The van der Waals surface area contributed by atoms with Gasteiger partial charge in [0.2, 0.25) is 0 Å². The quantitative estimate of drug-likeness (QED) is 0.717. The molecule has 1 N–H and O–H groups in total. The van der Waals surface area contributed by atoms with Gasteiger partial charge in [0, 0.05) is 5.75 Å². The van der Waals surface area contributed by atoms with Crippen LogP contribution in [0.25, 0.3) is 0 Å². The lowest BCUT2D eigenvalue weighted by atomic mass is 10.2. The molecule has 1 unspecified atom stereocenters. The van der Waals surface area contributed by atoms with E-state index in [0.717, 1.165) is 18.2 Å². The Morgan fingerprint density at radius 3 is 2.38 bits per heavy atom. The van der Waals surface area contributed by atoms with Crippen molar-refractivity contribution in [3.05, 3.63) is 0 Å². The van der Waals surface area contributed by atoms with Gasteiger partial charge < -0.3 is 5.11 Å². The average molecular weight is 216 g/mol. The van der Waals surface area contributed by atoms with Gasteiger partial charge in [0.15, 0.2) is 5.92 Å². The van der Waals surface area contributed by atoms with Crippen LogP contribution in [0.5, 0.6) is 0 Å². The highest BCUT2D eigenvalue weighted by atomic mass is 32.2. The zero-order valence-corrected chi connectivity index (χ0v) is 7.91. The van der Waals surface area contributed by atoms with Crippen molar-refractivity contribution in [3.63, 3.8) is 0 Å². The highest BCUT2D eigenvalue weighted by molar-refractivity contribution is 7.99. The number of carboxylic acids is 1. The first-order valence-corrected chi connectivity index (χ1v) is 4.92. The molecule has 78 valence electrons. The molecule has 0 rings (SSSR count). The van der Waals surface area contributed by atoms with E-state index in [0.29, 0.717) is 5.75 Å². The fourth-order valence-electron chi connectivity index (χ4n) is 0.651. The van der Waals surface area contributed by atoms with Crippen molar-refractivity contribution in [2.45, 2.75) is 19.5 Å². The molecule has 6 heteroatoms. The van der Waals surface area contributed by atoms with E-state index in [1.165, 1.54) is 0 Å². The van der Waals surface area contributed by atoms with E-state index >= 15 is 0 Å². The van der Waals surface area contributed by atoms with Crippen LogP contribution in [-0.4, -0.2) is 28.8 Å². The van der Waals surface area contributed by atoms with Crippen LogP contribution in [0.2, 0.25) is 0 Å². The number of carboxylic acid groups (broad SMARTS) is 1. The van der Waals surface area contributed by atoms with Gasteiger partial charge in [-0.2, -0.15) is 24.9 Å². The van der Waals surface area contributed by atoms with Crippen LogP contribution in [0.15, 0.2) is 0 Å². The SMILES string of the molecule is CCCSCC(C(=O)O)C(F)(F)F. The number of hydrogen-bond acceptors (Lipinski definition) is 2. The molecule has 0 saturated heterocycles. The molecule has 0 aliphatic rings. The minimum atomic E-state index is -4.63. The van der Waals surface area contributed by atoms with Crippen LogP contribution < -0.4 is 0 Å². The molecular formula is C7H11F3O2S. The summed E-state index contributed by atoms with van der Waals surface area (Å²) in [6, 6.07) is 0. The van der Waals surface area contributed by atoms with Gasteiger partial charge in [-0.3, -0.25) is 4.79 Å². The van der Waals surface area contributed by atoms with E-state index in [4.69, 9.17) is 5.11 Å². The maximum absolute atomic E-state index is 12.0. The number of carbonyl (C=O) groups is 1. The predicted molar refractivity (Wildman–Crippen MR) is 44.8 cm³/mol. The van der Waals surface area contributed by atoms with Crippen molar-refractivity contribution in [3.8, 4) is 0 Å². The first-order chi connectivity index (χ1) is 5.89. The number of halogens is 3. The van der Waals surface area contributed by atoms with E-state index in [9.17, 15) is 18.0 Å². The lowest BCUT2D eigenvalue weighted by Gasteiger charge is -2.14. The van der Waals surface area contributed by atoms with E-state index < -0.39 is 23.8 Å². The molecule has 0 fully saturated rings. The fraction of sp³-hybridized carbons (Fsp3) is 0.857. The maximum atomic E-state index is 12.0. The van der Waals surface area contributed by atoms with E-state index in [1.807, 2.05) is 6.92 Å².